The molecule has 2 amide bonds. The molecule has 2 rings (SSSR count). The van der Waals surface area contributed by atoms with E-state index in [2.05, 4.69) is 10.6 Å². The van der Waals surface area contributed by atoms with Gasteiger partial charge in [0.1, 0.15) is 12.6 Å². The molecule has 2 aromatic rings. The minimum Gasteiger partial charge on any atom is -0.467 e. The van der Waals surface area contributed by atoms with E-state index < -0.39 is 30.1 Å². The lowest BCUT2D eigenvalue weighted by atomic mass is 10.0. The van der Waals surface area contributed by atoms with Gasteiger partial charge in [0, 0.05) is 6.54 Å². The highest BCUT2D eigenvalue weighted by Gasteiger charge is 2.24. The largest absolute Gasteiger partial charge is 0.467 e. The van der Waals surface area contributed by atoms with Crippen molar-refractivity contribution in [2.75, 3.05) is 13.7 Å². The van der Waals surface area contributed by atoms with E-state index in [4.69, 9.17) is 15.2 Å². The SMILES string of the molecule is COC(=O)[C@H](CCCCNC(=O)OCc1ccccc1)NC(=O)[C@@H](N)Cc1ccccc1. The highest BCUT2D eigenvalue weighted by Crippen LogP contribution is 2.06. The number of nitrogens with one attached hydrogen (secondary N) is 2. The van der Waals surface area contributed by atoms with Crippen LogP contribution in [0.1, 0.15) is 30.4 Å². The Bertz CT molecular complexity index is 845. The van der Waals surface area contributed by atoms with Gasteiger partial charge in [-0.1, -0.05) is 60.7 Å². The van der Waals surface area contributed by atoms with E-state index >= 15 is 0 Å². The average Bonchev–Trinajstić information content (AvgIpc) is 2.82. The molecule has 8 nitrogen and oxygen atoms in total. The van der Waals surface area contributed by atoms with E-state index in [1.54, 1.807) is 0 Å². The van der Waals surface area contributed by atoms with Crippen LogP contribution in [0.5, 0.6) is 0 Å². The number of nitrogens with two attached hydrogens (primary N) is 1. The van der Waals surface area contributed by atoms with Crippen LogP contribution in [0.3, 0.4) is 0 Å². The minimum atomic E-state index is -0.792. The lowest BCUT2D eigenvalue weighted by Gasteiger charge is -2.19. The van der Waals surface area contributed by atoms with Gasteiger partial charge in [-0.05, 0) is 36.8 Å². The van der Waals surface area contributed by atoms with E-state index in [0.29, 0.717) is 32.2 Å². The van der Waals surface area contributed by atoms with Gasteiger partial charge >= 0.3 is 12.1 Å². The maximum Gasteiger partial charge on any atom is 0.407 e. The Labute approximate surface area is 188 Å². The molecule has 0 unspecified atom stereocenters. The zero-order chi connectivity index (χ0) is 23.2. The molecule has 0 radical (unpaired) electrons. The summed E-state index contributed by atoms with van der Waals surface area (Å²) in [5, 5.41) is 5.35. The molecule has 0 aliphatic carbocycles. The number of methoxy groups -OCH3 is 1. The normalized spacial score (nSPS) is 12.3. The quantitative estimate of drug-likeness (QED) is 0.343. The van der Waals surface area contributed by atoms with Gasteiger partial charge in [0.05, 0.1) is 13.2 Å². The van der Waals surface area contributed by atoms with Crippen molar-refractivity contribution in [3.8, 4) is 0 Å². The molecule has 32 heavy (non-hydrogen) atoms. The van der Waals surface area contributed by atoms with Crippen LogP contribution < -0.4 is 16.4 Å². The van der Waals surface area contributed by atoms with Crippen molar-refractivity contribution in [2.24, 2.45) is 5.73 Å². The van der Waals surface area contributed by atoms with Crippen molar-refractivity contribution >= 4 is 18.0 Å². The summed E-state index contributed by atoms with van der Waals surface area (Å²) in [6.07, 6.45) is 1.44. The fraction of sp³-hybridized carbons (Fsp3) is 0.375. The van der Waals surface area contributed by atoms with Crippen LogP contribution in [0.25, 0.3) is 0 Å². The van der Waals surface area contributed by atoms with Gasteiger partial charge in [-0.2, -0.15) is 0 Å². The second-order valence-electron chi connectivity index (χ2n) is 7.36. The highest BCUT2D eigenvalue weighted by molar-refractivity contribution is 5.87. The summed E-state index contributed by atoms with van der Waals surface area (Å²) in [7, 11) is 1.27. The van der Waals surface area contributed by atoms with Crippen molar-refractivity contribution in [1.82, 2.24) is 10.6 Å². The van der Waals surface area contributed by atoms with Crippen LogP contribution in [0.4, 0.5) is 4.79 Å². The van der Waals surface area contributed by atoms with Crippen LogP contribution in [-0.4, -0.2) is 43.7 Å². The van der Waals surface area contributed by atoms with Crippen molar-refractivity contribution in [3.05, 3.63) is 71.8 Å². The first-order valence-corrected chi connectivity index (χ1v) is 10.6. The van der Waals surface area contributed by atoms with Gasteiger partial charge in [0.25, 0.3) is 0 Å². The third kappa shape index (κ3) is 9.18. The second-order valence-corrected chi connectivity index (χ2v) is 7.36. The van der Waals surface area contributed by atoms with Gasteiger partial charge in [-0.15, -0.1) is 0 Å². The molecule has 8 heteroatoms. The number of unbranched alkanes of at least 4 members (excludes halogenated alkanes) is 1. The topological polar surface area (TPSA) is 120 Å². The zero-order valence-electron chi connectivity index (χ0n) is 18.3. The third-order valence-electron chi connectivity index (χ3n) is 4.84. The summed E-state index contributed by atoms with van der Waals surface area (Å²) < 4.78 is 9.94. The maximum absolute atomic E-state index is 12.4. The number of benzene rings is 2. The molecule has 2 atom stereocenters. The number of hydrogen-bond acceptors (Lipinski definition) is 6. The van der Waals surface area contributed by atoms with E-state index in [-0.39, 0.29) is 6.61 Å². The molecule has 172 valence electrons. The molecule has 0 spiro atoms. The summed E-state index contributed by atoms with van der Waals surface area (Å²) in [6.45, 7) is 0.593. The smallest absolute Gasteiger partial charge is 0.407 e. The fourth-order valence-electron chi connectivity index (χ4n) is 3.07. The van der Waals surface area contributed by atoms with Gasteiger partial charge in [0.15, 0.2) is 0 Å². The Morgan fingerprint density at radius 1 is 0.938 bits per heavy atom. The molecule has 0 saturated carbocycles. The summed E-state index contributed by atoms with van der Waals surface area (Å²) in [4.78, 5) is 36.2. The predicted octanol–water partition coefficient (Wildman–Crippen LogP) is 2.31. The molecule has 0 fully saturated rings. The predicted molar refractivity (Wildman–Crippen MR) is 121 cm³/mol. The first kappa shape index (κ1) is 24.9. The molecule has 0 aliphatic heterocycles. The molecule has 0 heterocycles. The molecule has 0 aromatic heterocycles. The van der Waals surface area contributed by atoms with Crippen LogP contribution in [0, 0.1) is 0 Å². The Balaban J connectivity index is 1.68. The van der Waals surface area contributed by atoms with E-state index in [1.807, 2.05) is 60.7 Å². The Morgan fingerprint density at radius 3 is 2.19 bits per heavy atom. The Kier molecular flexibility index (Phi) is 10.7. The number of carbonyl (C=O) groups is 3. The maximum atomic E-state index is 12.4. The van der Waals surface area contributed by atoms with Crippen LogP contribution in [0.2, 0.25) is 0 Å². The summed E-state index contributed by atoms with van der Waals surface area (Å²) in [5.74, 6) is -0.938. The molecule has 4 N–H and O–H groups in total. The van der Waals surface area contributed by atoms with Gasteiger partial charge in [0.2, 0.25) is 5.91 Å². The fourth-order valence-corrected chi connectivity index (χ4v) is 3.07. The van der Waals surface area contributed by atoms with E-state index in [9.17, 15) is 14.4 Å². The molecular formula is C24H31N3O5. The summed E-state index contributed by atoms with van der Waals surface area (Å²) in [5.41, 5.74) is 7.84. The molecule has 2 aromatic carbocycles. The highest BCUT2D eigenvalue weighted by atomic mass is 16.5. The van der Waals surface area contributed by atoms with Crippen molar-refractivity contribution < 1.29 is 23.9 Å². The first-order chi connectivity index (χ1) is 15.5. The van der Waals surface area contributed by atoms with Gasteiger partial charge in [-0.25, -0.2) is 9.59 Å². The van der Waals surface area contributed by atoms with Crippen LogP contribution >= 0.6 is 0 Å². The summed E-state index contributed by atoms with van der Waals surface area (Å²) >= 11 is 0. The van der Waals surface area contributed by atoms with Gasteiger partial charge in [-0.3, -0.25) is 4.79 Å². The number of alkyl carbamates (subject to hydrolysis) is 1. The standard InChI is InChI=1S/C24H31N3O5/c1-31-23(29)21(27-22(28)20(25)16-18-10-4-2-5-11-18)14-8-9-15-26-24(30)32-17-19-12-6-3-7-13-19/h2-7,10-13,20-21H,8-9,14-17,25H2,1H3,(H,26,30)(H,27,28)/t20-,21-/m0/s1. The van der Waals surface area contributed by atoms with Crippen molar-refractivity contribution in [3.63, 3.8) is 0 Å². The van der Waals surface area contributed by atoms with Crippen molar-refractivity contribution in [1.29, 1.82) is 0 Å². The Hall–Kier alpha value is -3.39. The molecule has 0 bridgehead atoms. The second kappa shape index (κ2) is 13.8. The lowest BCUT2D eigenvalue weighted by molar-refractivity contribution is -0.145. The molecule has 0 saturated heterocycles. The van der Waals surface area contributed by atoms with E-state index in [1.165, 1.54) is 7.11 Å². The average molecular weight is 442 g/mol. The minimum absolute atomic E-state index is 0.201. The molecule has 0 aliphatic rings. The third-order valence-corrected chi connectivity index (χ3v) is 4.84. The number of carbonyl (C=O) groups excluding carboxylic acids is 3. The number of amides is 2. The zero-order valence-corrected chi connectivity index (χ0v) is 18.3. The number of rotatable bonds is 12. The number of hydrogen-bond donors (Lipinski definition) is 3. The van der Waals surface area contributed by atoms with E-state index in [0.717, 1.165) is 11.1 Å². The Morgan fingerprint density at radius 2 is 1.56 bits per heavy atom. The summed E-state index contributed by atoms with van der Waals surface area (Å²) in [6, 6.07) is 17.3. The first-order valence-electron chi connectivity index (χ1n) is 10.6. The van der Waals surface area contributed by atoms with Crippen LogP contribution in [-0.2, 0) is 32.1 Å². The number of ether oxygens (including phenoxy) is 2. The van der Waals surface area contributed by atoms with Gasteiger partial charge < -0.3 is 25.8 Å². The van der Waals surface area contributed by atoms with Crippen molar-refractivity contribution in [2.45, 2.75) is 44.4 Å². The van der Waals surface area contributed by atoms with Crippen LogP contribution in [0.15, 0.2) is 60.7 Å². The molecular weight excluding hydrogens is 410 g/mol. The number of esters is 1. The lowest BCUT2D eigenvalue weighted by Crippen LogP contribution is -2.49. The monoisotopic (exact) mass is 441 g/mol.